The first-order chi connectivity index (χ1) is 19.5. The third-order valence-electron chi connectivity index (χ3n) is 7.13. The Hall–Kier alpha value is -4.22. The number of Topliss-reactive ketones (excluding diaryl/α,β-unsaturated/α-hetero) is 1. The van der Waals surface area contributed by atoms with Crippen LogP contribution in [0.1, 0.15) is 42.0 Å². The number of piperazine rings is 1. The van der Waals surface area contributed by atoms with Crippen LogP contribution >= 0.6 is 0 Å². The van der Waals surface area contributed by atoms with Crippen LogP contribution in [0.4, 0.5) is 33.5 Å². The van der Waals surface area contributed by atoms with E-state index in [9.17, 15) is 22.4 Å². The fourth-order valence-electron chi connectivity index (χ4n) is 5.20. The minimum atomic E-state index is -4.78. The van der Waals surface area contributed by atoms with E-state index < -0.39 is 23.7 Å². The summed E-state index contributed by atoms with van der Waals surface area (Å²) in [5.41, 5.74) is 2.50. The van der Waals surface area contributed by atoms with Gasteiger partial charge in [0.25, 0.3) is 0 Å². The molecule has 0 aliphatic carbocycles. The van der Waals surface area contributed by atoms with E-state index in [1.165, 1.54) is 36.5 Å². The van der Waals surface area contributed by atoms with Gasteiger partial charge in [-0.25, -0.2) is 18.7 Å². The number of halogens is 5. The lowest BCUT2D eigenvalue weighted by Gasteiger charge is -2.41. The van der Waals surface area contributed by atoms with Crippen molar-refractivity contribution in [2.75, 3.05) is 29.4 Å². The molecule has 216 valence electrons. The molecule has 4 aromatic rings. The number of benzene rings is 1. The number of ketones is 1. The van der Waals surface area contributed by atoms with Crippen LogP contribution in [0, 0.1) is 11.6 Å². The molecular weight excluding hydrogens is 545 g/mol. The predicted octanol–water partition coefficient (Wildman–Crippen LogP) is 6.00. The van der Waals surface area contributed by atoms with E-state index >= 15 is 4.39 Å². The van der Waals surface area contributed by atoms with E-state index in [2.05, 4.69) is 14.7 Å². The van der Waals surface area contributed by atoms with Crippen LogP contribution in [0.2, 0.25) is 0 Å². The lowest BCUT2D eigenvalue weighted by Crippen LogP contribution is -2.52. The maximum Gasteiger partial charge on any atom is 0.573 e. The Morgan fingerprint density at radius 1 is 1.10 bits per heavy atom. The molecule has 1 aromatic carbocycles. The molecule has 1 fully saturated rings. The van der Waals surface area contributed by atoms with Crippen molar-refractivity contribution in [1.82, 2.24) is 14.4 Å². The molecule has 4 heterocycles. The van der Waals surface area contributed by atoms with Crippen LogP contribution in [0.25, 0.3) is 5.65 Å². The zero-order valence-corrected chi connectivity index (χ0v) is 22.5. The fourth-order valence-corrected chi connectivity index (χ4v) is 5.20. The minimum absolute atomic E-state index is 0.0888. The second-order valence-electron chi connectivity index (χ2n) is 9.93. The van der Waals surface area contributed by atoms with Crippen molar-refractivity contribution in [3.63, 3.8) is 0 Å². The molecule has 1 atom stereocenters. The summed E-state index contributed by atoms with van der Waals surface area (Å²) in [5.74, 6) is -0.865. The minimum Gasteiger partial charge on any atom is -0.404 e. The van der Waals surface area contributed by atoms with Gasteiger partial charge in [0.1, 0.15) is 34.5 Å². The zero-order chi connectivity index (χ0) is 29.3. The average molecular weight is 574 g/mol. The van der Waals surface area contributed by atoms with Gasteiger partial charge in [-0.05, 0) is 55.7 Å². The number of ether oxygens (including phenoxy) is 1. The highest BCUT2D eigenvalue weighted by Crippen LogP contribution is 2.28. The van der Waals surface area contributed by atoms with Gasteiger partial charge >= 0.3 is 6.36 Å². The van der Waals surface area contributed by atoms with Gasteiger partial charge in [-0.2, -0.15) is 0 Å². The second kappa shape index (κ2) is 11.3. The highest BCUT2D eigenvalue weighted by Gasteiger charge is 2.32. The van der Waals surface area contributed by atoms with Crippen molar-refractivity contribution in [2.45, 2.75) is 45.5 Å². The standard InChI is InChI=1S/C29H28F5N5O2/c1-3-23-28(39-11-10-20(30)15-27(39)36-23)25(40)8-5-19-4-7-24(22(31)14-19)37-12-13-38(18(2)17-37)26-9-6-21(16-35-26)41-29(32,33)34/h4,6-7,9-11,14-16,18H,3,5,8,12-13,17H2,1-2H3/t18-/m0/s1. The van der Waals surface area contributed by atoms with Crippen LogP contribution in [-0.2, 0) is 12.8 Å². The van der Waals surface area contributed by atoms with Gasteiger partial charge in [-0.1, -0.05) is 13.0 Å². The van der Waals surface area contributed by atoms with Gasteiger partial charge in [0.05, 0.1) is 17.6 Å². The molecule has 1 saturated heterocycles. The highest BCUT2D eigenvalue weighted by molar-refractivity contribution is 5.96. The van der Waals surface area contributed by atoms with E-state index in [1.807, 2.05) is 23.6 Å². The second-order valence-corrected chi connectivity index (χ2v) is 9.93. The summed E-state index contributed by atoms with van der Waals surface area (Å²) in [6, 6.07) is 10.1. The molecule has 12 heteroatoms. The molecule has 1 aliphatic heterocycles. The van der Waals surface area contributed by atoms with Gasteiger partial charge in [0.2, 0.25) is 0 Å². The van der Waals surface area contributed by atoms with Crippen LogP contribution in [0.3, 0.4) is 0 Å². The molecule has 0 radical (unpaired) electrons. The number of hydrogen-bond donors (Lipinski definition) is 0. The summed E-state index contributed by atoms with van der Waals surface area (Å²) in [6.07, 6.45) is -1.26. The first kappa shape index (κ1) is 28.3. The summed E-state index contributed by atoms with van der Waals surface area (Å²) in [5, 5.41) is 0. The van der Waals surface area contributed by atoms with Gasteiger partial charge in [0.15, 0.2) is 5.78 Å². The Bertz CT molecular complexity index is 1550. The van der Waals surface area contributed by atoms with E-state index in [1.54, 1.807) is 16.5 Å². The summed E-state index contributed by atoms with van der Waals surface area (Å²) >= 11 is 0. The topological polar surface area (TPSA) is 63.0 Å². The first-order valence-electron chi connectivity index (χ1n) is 13.2. The van der Waals surface area contributed by atoms with Crippen molar-refractivity contribution in [1.29, 1.82) is 0 Å². The van der Waals surface area contributed by atoms with E-state index in [0.717, 1.165) is 6.20 Å². The van der Waals surface area contributed by atoms with Gasteiger partial charge in [-0.15, -0.1) is 13.2 Å². The Morgan fingerprint density at radius 3 is 2.56 bits per heavy atom. The number of nitrogens with zero attached hydrogens (tertiary/aromatic N) is 5. The summed E-state index contributed by atoms with van der Waals surface area (Å²) in [7, 11) is 0. The quantitative estimate of drug-likeness (QED) is 0.190. The molecule has 0 unspecified atom stereocenters. The largest absolute Gasteiger partial charge is 0.573 e. The Balaban J connectivity index is 1.21. The number of anilines is 2. The van der Waals surface area contributed by atoms with E-state index in [-0.39, 0.29) is 18.2 Å². The number of alkyl halides is 3. The molecule has 5 rings (SSSR count). The Morgan fingerprint density at radius 2 is 1.90 bits per heavy atom. The van der Waals surface area contributed by atoms with Gasteiger partial charge < -0.3 is 14.5 Å². The molecule has 7 nitrogen and oxygen atoms in total. The number of hydrogen-bond acceptors (Lipinski definition) is 6. The van der Waals surface area contributed by atoms with Crippen LogP contribution in [0.5, 0.6) is 5.75 Å². The van der Waals surface area contributed by atoms with E-state index in [4.69, 9.17) is 0 Å². The molecule has 1 aliphatic rings. The number of pyridine rings is 2. The maximum atomic E-state index is 15.2. The number of fused-ring (bicyclic) bond motifs is 1. The van der Waals surface area contributed by atoms with Gasteiger partial charge in [-0.3, -0.25) is 9.20 Å². The van der Waals surface area contributed by atoms with Crippen molar-refractivity contribution in [3.05, 3.63) is 83.4 Å². The number of aryl methyl sites for hydroxylation is 2. The number of carbonyl (C=O) groups is 1. The number of carbonyl (C=O) groups excluding carboxylic acids is 1. The van der Waals surface area contributed by atoms with E-state index in [0.29, 0.717) is 66.6 Å². The van der Waals surface area contributed by atoms with Crippen molar-refractivity contribution in [3.8, 4) is 5.75 Å². The molecule has 3 aromatic heterocycles. The lowest BCUT2D eigenvalue weighted by atomic mass is 10.0. The molecule has 0 spiro atoms. The lowest BCUT2D eigenvalue weighted by molar-refractivity contribution is -0.274. The predicted molar refractivity (Wildman–Crippen MR) is 144 cm³/mol. The molecule has 0 saturated carbocycles. The Kier molecular flexibility index (Phi) is 7.83. The van der Waals surface area contributed by atoms with Crippen LogP contribution in [0.15, 0.2) is 54.9 Å². The summed E-state index contributed by atoms with van der Waals surface area (Å²) in [4.78, 5) is 25.4. The number of imidazole rings is 1. The maximum absolute atomic E-state index is 15.2. The SMILES string of the molecule is CCc1nc2cc(F)ccn2c1C(=O)CCc1ccc(N2CCN(c3ccc(OC(F)(F)F)cn3)[C@@H](C)C2)c(F)c1. The average Bonchev–Trinajstić information content (AvgIpc) is 3.29. The van der Waals surface area contributed by atoms with Crippen molar-refractivity contribution < 1.29 is 31.5 Å². The molecular formula is C29H28F5N5O2. The van der Waals surface area contributed by atoms with Gasteiger partial charge in [0, 0.05) is 44.4 Å². The van der Waals surface area contributed by atoms with Crippen molar-refractivity contribution in [2.24, 2.45) is 0 Å². The first-order valence-corrected chi connectivity index (χ1v) is 13.2. The van der Waals surface area contributed by atoms with Crippen LogP contribution in [-0.4, -0.2) is 52.2 Å². The number of aromatic nitrogens is 3. The third kappa shape index (κ3) is 6.26. The molecule has 0 bridgehead atoms. The van der Waals surface area contributed by atoms with Crippen molar-refractivity contribution >= 4 is 22.9 Å². The fraction of sp³-hybridized carbons (Fsp3) is 0.345. The molecule has 0 amide bonds. The smallest absolute Gasteiger partial charge is 0.404 e. The zero-order valence-electron chi connectivity index (χ0n) is 22.5. The summed E-state index contributed by atoms with van der Waals surface area (Å²) in [6.45, 7) is 5.27. The monoisotopic (exact) mass is 573 g/mol. The summed E-state index contributed by atoms with van der Waals surface area (Å²) < 4.78 is 71.6. The number of rotatable bonds is 8. The normalized spacial score (nSPS) is 15.9. The molecule has 0 N–H and O–H groups in total. The third-order valence-corrected chi connectivity index (χ3v) is 7.13. The molecule has 41 heavy (non-hydrogen) atoms. The van der Waals surface area contributed by atoms with Crippen LogP contribution < -0.4 is 14.5 Å². The highest BCUT2D eigenvalue weighted by atomic mass is 19.4. The Labute approximate surface area is 233 Å².